The first-order chi connectivity index (χ1) is 37.8. The molecule has 1 spiro atoms. The zero-order chi connectivity index (χ0) is 49.7. The van der Waals surface area contributed by atoms with Crippen molar-refractivity contribution in [3.8, 4) is 27.9 Å². The van der Waals surface area contributed by atoms with E-state index >= 15 is 0 Å². The van der Waals surface area contributed by atoms with E-state index in [2.05, 4.69) is 289 Å². The van der Waals surface area contributed by atoms with Crippen LogP contribution in [-0.2, 0) is 10.8 Å². The monoisotopic (exact) mass is 962 g/mol. The van der Waals surface area contributed by atoms with E-state index in [0.717, 1.165) is 17.1 Å². The number of nitrogens with zero attached hydrogens (tertiary/aromatic N) is 2. The third-order valence-corrected chi connectivity index (χ3v) is 17.6. The smallest absolute Gasteiger partial charge is 0.0755 e. The minimum absolute atomic E-state index is 0.622. The summed E-state index contributed by atoms with van der Waals surface area (Å²) in [5.41, 5.74) is 21.2. The molecule has 3 aliphatic rings. The van der Waals surface area contributed by atoms with E-state index < -0.39 is 10.8 Å². The fraction of sp³-hybridized carbons (Fsp3) is 0.0270. The van der Waals surface area contributed by atoms with Gasteiger partial charge in [-0.2, -0.15) is 0 Å². The lowest BCUT2D eigenvalue weighted by atomic mass is 9.65. The van der Waals surface area contributed by atoms with Crippen molar-refractivity contribution in [1.82, 2.24) is 4.57 Å². The normalized spacial score (nSPS) is 15.3. The van der Waals surface area contributed by atoms with Gasteiger partial charge in [-0.1, -0.05) is 249 Å². The Morgan fingerprint density at radius 3 is 1.53 bits per heavy atom. The quantitative estimate of drug-likeness (QED) is 0.156. The van der Waals surface area contributed by atoms with Crippen LogP contribution in [0.2, 0.25) is 0 Å². The van der Waals surface area contributed by atoms with Crippen LogP contribution in [0.1, 0.15) is 44.5 Å². The van der Waals surface area contributed by atoms with Crippen molar-refractivity contribution in [2.24, 2.45) is 0 Å². The molecular weight excluding hydrogens is 917 g/mol. The Balaban J connectivity index is 1.05. The summed E-state index contributed by atoms with van der Waals surface area (Å²) in [4.78, 5) is 2.67. The Morgan fingerprint density at radius 1 is 0.276 bits per heavy atom. The third-order valence-electron chi connectivity index (χ3n) is 17.6. The number of aromatic nitrogens is 1. The van der Waals surface area contributed by atoms with Gasteiger partial charge in [-0.05, 0) is 113 Å². The first-order valence-electron chi connectivity index (χ1n) is 26.6. The lowest BCUT2D eigenvalue weighted by Gasteiger charge is -2.40. The molecule has 76 heavy (non-hydrogen) atoms. The first kappa shape index (κ1) is 41.7. The van der Waals surface area contributed by atoms with Crippen LogP contribution in [-0.4, -0.2) is 4.57 Å². The van der Waals surface area contributed by atoms with Crippen LogP contribution in [0.15, 0.2) is 279 Å². The molecule has 1 aliphatic heterocycles. The minimum Gasteiger partial charge on any atom is -0.309 e. The van der Waals surface area contributed by atoms with Crippen molar-refractivity contribution in [3.05, 3.63) is 324 Å². The molecule has 0 saturated heterocycles. The van der Waals surface area contributed by atoms with Crippen LogP contribution in [0, 0.1) is 0 Å². The van der Waals surface area contributed by atoms with Crippen molar-refractivity contribution < 1.29 is 0 Å². The summed E-state index contributed by atoms with van der Waals surface area (Å²) < 4.78 is 2.54. The van der Waals surface area contributed by atoms with E-state index in [1.807, 2.05) is 0 Å². The molecule has 0 bridgehead atoms. The highest BCUT2D eigenvalue weighted by Gasteiger charge is 2.52. The van der Waals surface area contributed by atoms with E-state index in [0.29, 0.717) is 0 Å². The molecular formula is C74H46N2. The van der Waals surface area contributed by atoms with Gasteiger partial charge in [0.15, 0.2) is 0 Å². The molecule has 1 atom stereocenters. The average Bonchev–Trinajstić information content (AvgIpc) is 4.29. The summed E-state index contributed by atoms with van der Waals surface area (Å²) in [6.45, 7) is 0. The zero-order valence-electron chi connectivity index (χ0n) is 41.5. The van der Waals surface area contributed by atoms with Gasteiger partial charge in [-0.15, -0.1) is 0 Å². The van der Waals surface area contributed by atoms with Crippen LogP contribution in [0.25, 0.3) is 82.1 Å². The number of anilines is 3. The molecule has 2 heterocycles. The second-order valence-electron chi connectivity index (χ2n) is 21.0. The van der Waals surface area contributed by atoms with Gasteiger partial charge in [0, 0.05) is 27.1 Å². The molecule has 0 N–H and O–H groups in total. The SMILES string of the molecule is c1ccc(C2(c3ccccc3)c3ccccc3-c3c2cc(N(c2cccc4c2-c2ccccc2C42c4ccccc4-n4c5ccccc5c5cccc2c54)c2cc4ccccc4c4ccccc24)c2ccccc32)cc1. The van der Waals surface area contributed by atoms with Crippen molar-refractivity contribution in [3.63, 3.8) is 0 Å². The van der Waals surface area contributed by atoms with E-state index in [1.165, 1.54) is 127 Å². The Bertz CT molecular complexity index is 4730. The summed E-state index contributed by atoms with van der Waals surface area (Å²) in [7, 11) is 0. The van der Waals surface area contributed by atoms with Gasteiger partial charge in [0.1, 0.15) is 0 Å². The van der Waals surface area contributed by atoms with Gasteiger partial charge < -0.3 is 9.47 Å². The number of hydrogen-bond acceptors (Lipinski definition) is 1. The van der Waals surface area contributed by atoms with Crippen LogP contribution >= 0.6 is 0 Å². The summed E-state index contributed by atoms with van der Waals surface area (Å²) in [6.07, 6.45) is 0. The molecule has 17 rings (SSSR count). The summed E-state index contributed by atoms with van der Waals surface area (Å²) in [5, 5.41) is 9.85. The molecule has 1 aromatic heterocycles. The van der Waals surface area contributed by atoms with Gasteiger partial charge in [0.25, 0.3) is 0 Å². The fourth-order valence-corrected chi connectivity index (χ4v) is 14.9. The van der Waals surface area contributed by atoms with Gasteiger partial charge in [0.2, 0.25) is 0 Å². The molecule has 2 heteroatoms. The molecule has 14 aromatic rings. The maximum Gasteiger partial charge on any atom is 0.0755 e. The van der Waals surface area contributed by atoms with Gasteiger partial charge in [0.05, 0.1) is 44.6 Å². The Morgan fingerprint density at radius 2 is 0.776 bits per heavy atom. The van der Waals surface area contributed by atoms with Crippen LogP contribution in [0.3, 0.4) is 0 Å². The summed E-state index contributed by atoms with van der Waals surface area (Å²) >= 11 is 0. The molecule has 2 aliphatic carbocycles. The minimum atomic E-state index is -0.628. The fourth-order valence-electron chi connectivity index (χ4n) is 14.9. The molecule has 0 fully saturated rings. The molecule has 13 aromatic carbocycles. The number of para-hydroxylation sites is 3. The second-order valence-corrected chi connectivity index (χ2v) is 21.0. The molecule has 0 radical (unpaired) electrons. The highest BCUT2D eigenvalue weighted by Crippen LogP contribution is 2.65. The number of benzene rings is 13. The highest BCUT2D eigenvalue weighted by molar-refractivity contribution is 6.19. The topological polar surface area (TPSA) is 8.17 Å². The van der Waals surface area contributed by atoms with Crippen molar-refractivity contribution in [2.45, 2.75) is 10.8 Å². The standard InChI is InChI=1S/C74H46N2/c1-3-24-48(25-4-1)73(49-26-5-2-6-27-49)59-37-16-13-34-57(59)70-55-33-12-11-31-53(55)69(46-64(70)73)75(68-45-47-23-7-8-28-50(47)51-29-9-10-30-52(51)68)67-44-22-40-62-71(67)58-35-14-17-38-60(58)74(62)61-39-18-20-43-66(61)76-65-42-19-15-32-54(65)56-36-21-41-63(74)72(56)76/h1-46H. The van der Waals surface area contributed by atoms with Gasteiger partial charge >= 0.3 is 0 Å². The maximum atomic E-state index is 2.67. The summed E-state index contributed by atoms with van der Waals surface area (Å²) in [5.74, 6) is 0. The lowest BCUT2D eigenvalue weighted by Crippen LogP contribution is -2.33. The van der Waals surface area contributed by atoms with Crippen molar-refractivity contribution >= 4 is 71.2 Å². The average molecular weight is 963 g/mol. The van der Waals surface area contributed by atoms with E-state index in [9.17, 15) is 0 Å². The molecule has 1 unspecified atom stereocenters. The summed E-state index contributed by atoms with van der Waals surface area (Å²) in [6, 6.07) is 106. The molecule has 0 amide bonds. The second kappa shape index (κ2) is 15.4. The lowest BCUT2D eigenvalue weighted by molar-refractivity contribution is 0.748. The maximum absolute atomic E-state index is 2.67. The predicted molar refractivity (Wildman–Crippen MR) is 316 cm³/mol. The van der Waals surface area contributed by atoms with E-state index in [4.69, 9.17) is 0 Å². The van der Waals surface area contributed by atoms with E-state index in [-0.39, 0.29) is 0 Å². The van der Waals surface area contributed by atoms with Crippen LogP contribution < -0.4 is 4.90 Å². The number of fused-ring (bicyclic) bond motifs is 20. The third kappa shape index (κ3) is 5.16. The molecule has 352 valence electrons. The zero-order valence-corrected chi connectivity index (χ0v) is 41.5. The Kier molecular flexibility index (Phi) is 8.44. The van der Waals surface area contributed by atoms with Crippen LogP contribution in [0.5, 0.6) is 0 Å². The van der Waals surface area contributed by atoms with Crippen molar-refractivity contribution in [1.29, 1.82) is 0 Å². The predicted octanol–water partition coefficient (Wildman–Crippen LogP) is 18.8. The van der Waals surface area contributed by atoms with Crippen LogP contribution in [0.4, 0.5) is 17.1 Å². The highest BCUT2D eigenvalue weighted by atomic mass is 15.2. The number of hydrogen-bond donors (Lipinski definition) is 0. The van der Waals surface area contributed by atoms with E-state index in [1.54, 1.807) is 0 Å². The number of rotatable bonds is 5. The first-order valence-corrected chi connectivity index (χ1v) is 26.6. The Labute approximate surface area is 440 Å². The Hall–Kier alpha value is -9.76. The molecule has 2 nitrogen and oxygen atoms in total. The molecule has 0 saturated carbocycles. The van der Waals surface area contributed by atoms with Crippen molar-refractivity contribution in [2.75, 3.05) is 4.90 Å². The largest absolute Gasteiger partial charge is 0.309 e. The van der Waals surface area contributed by atoms with Gasteiger partial charge in [-0.3, -0.25) is 0 Å². The van der Waals surface area contributed by atoms with Gasteiger partial charge in [-0.25, -0.2) is 0 Å².